The van der Waals surface area contributed by atoms with Crippen molar-refractivity contribution in [1.29, 1.82) is 0 Å². The van der Waals surface area contributed by atoms with Crippen LogP contribution in [-0.4, -0.2) is 86.3 Å². The van der Waals surface area contributed by atoms with Gasteiger partial charge in [0, 0.05) is 25.1 Å². The number of phenolic OH excluding ortho intramolecular Hbond substituents is 1. The van der Waals surface area contributed by atoms with Gasteiger partial charge in [0.25, 0.3) is 0 Å². The van der Waals surface area contributed by atoms with Crippen LogP contribution in [0.4, 0.5) is 0 Å². The fourth-order valence-electron chi connectivity index (χ4n) is 3.73. The van der Waals surface area contributed by atoms with Gasteiger partial charge in [0.1, 0.15) is 23.9 Å². The minimum atomic E-state index is -1.30. The molecule has 1 aliphatic rings. The van der Waals surface area contributed by atoms with Crippen LogP contribution < -0.4 is 16.4 Å². The lowest BCUT2D eigenvalue weighted by molar-refractivity contribution is -0.149. The van der Waals surface area contributed by atoms with E-state index in [1.165, 1.54) is 17.0 Å². The maximum Gasteiger partial charge on any atom is 0.326 e. The Morgan fingerprint density at radius 1 is 1.06 bits per heavy atom. The van der Waals surface area contributed by atoms with Crippen LogP contribution in [-0.2, 0) is 30.4 Å². The summed E-state index contributed by atoms with van der Waals surface area (Å²) < 4.78 is 0. The van der Waals surface area contributed by atoms with E-state index in [-0.39, 0.29) is 37.3 Å². The molecular weight excluding hydrogens is 480 g/mol. The number of carboxylic acid groups (broad SMARTS) is 2. The van der Waals surface area contributed by atoms with Gasteiger partial charge in [0.15, 0.2) is 0 Å². The van der Waals surface area contributed by atoms with Gasteiger partial charge in [-0.1, -0.05) is 12.1 Å². The summed E-state index contributed by atoms with van der Waals surface area (Å²) in [5.74, 6) is -4.49. The zero-order chi connectivity index (χ0) is 26.1. The molecule has 0 bridgehead atoms. The number of carbonyl (C=O) groups is 5. The number of hydrogen-bond acceptors (Lipinski definition) is 8. The third kappa shape index (κ3) is 8.14. The summed E-state index contributed by atoms with van der Waals surface area (Å²) in [4.78, 5) is 62.5. The van der Waals surface area contributed by atoms with Crippen LogP contribution in [0.5, 0.6) is 5.75 Å². The molecule has 1 fully saturated rings. The number of aromatic hydroxyl groups is 1. The Labute approximate surface area is 207 Å². The van der Waals surface area contributed by atoms with Crippen LogP contribution in [0, 0.1) is 0 Å². The fourth-order valence-corrected chi connectivity index (χ4v) is 3.89. The molecule has 0 spiro atoms. The number of nitrogens with one attached hydrogen (secondary N) is 2. The van der Waals surface area contributed by atoms with Crippen molar-refractivity contribution in [2.45, 2.75) is 56.3 Å². The molecule has 4 atom stereocenters. The molecule has 0 aliphatic carbocycles. The Morgan fingerprint density at radius 3 is 2.26 bits per heavy atom. The maximum atomic E-state index is 13.3. The van der Waals surface area contributed by atoms with Crippen molar-refractivity contribution in [3.63, 3.8) is 0 Å². The van der Waals surface area contributed by atoms with Gasteiger partial charge in [0.05, 0.1) is 6.04 Å². The van der Waals surface area contributed by atoms with E-state index in [9.17, 15) is 34.2 Å². The van der Waals surface area contributed by atoms with E-state index in [0.29, 0.717) is 12.0 Å². The second-order valence-electron chi connectivity index (χ2n) is 8.24. The lowest BCUT2D eigenvalue weighted by Gasteiger charge is -2.29. The van der Waals surface area contributed by atoms with Crippen molar-refractivity contribution >= 4 is 42.3 Å². The van der Waals surface area contributed by atoms with E-state index in [0.717, 1.165) is 0 Å². The lowest BCUT2D eigenvalue weighted by Crippen LogP contribution is -2.57. The highest BCUT2D eigenvalue weighted by Gasteiger charge is 2.38. The number of phenols is 1. The zero-order valence-electron chi connectivity index (χ0n) is 18.9. The van der Waals surface area contributed by atoms with Crippen LogP contribution in [0.3, 0.4) is 0 Å². The molecule has 2 rings (SSSR count). The third-order valence-corrected chi connectivity index (χ3v) is 6.02. The van der Waals surface area contributed by atoms with Crippen molar-refractivity contribution in [3.8, 4) is 5.75 Å². The lowest BCUT2D eigenvalue weighted by atomic mass is 10.0. The molecule has 1 heterocycles. The van der Waals surface area contributed by atoms with E-state index >= 15 is 0 Å². The minimum absolute atomic E-state index is 0.00289. The van der Waals surface area contributed by atoms with Gasteiger partial charge < -0.3 is 36.6 Å². The second-order valence-corrected chi connectivity index (χ2v) is 8.61. The van der Waals surface area contributed by atoms with Crippen molar-refractivity contribution in [2.24, 2.45) is 5.73 Å². The smallest absolute Gasteiger partial charge is 0.326 e. The topological polar surface area (TPSA) is 199 Å². The number of nitrogens with zero attached hydrogens (tertiary/aromatic N) is 1. The van der Waals surface area contributed by atoms with Crippen LogP contribution in [0.25, 0.3) is 0 Å². The van der Waals surface area contributed by atoms with Crippen LogP contribution in [0.2, 0.25) is 0 Å². The van der Waals surface area contributed by atoms with Crippen LogP contribution >= 0.6 is 12.6 Å². The number of thiol groups is 1. The monoisotopic (exact) mass is 510 g/mol. The second kappa shape index (κ2) is 13.0. The Kier molecular flexibility index (Phi) is 10.3. The van der Waals surface area contributed by atoms with Crippen molar-refractivity contribution in [2.75, 3.05) is 12.3 Å². The Bertz CT molecular complexity index is 942. The number of benzene rings is 1. The first-order valence-electron chi connectivity index (χ1n) is 11.0. The normalized spacial score (nSPS) is 17.8. The van der Waals surface area contributed by atoms with E-state index in [4.69, 9.17) is 10.8 Å². The number of nitrogens with two attached hydrogens (primary N) is 1. The first-order valence-corrected chi connectivity index (χ1v) is 11.7. The fraction of sp³-hybridized carbons (Fsp3) is 0.500. The molecule has 13 heteroatoms. The molecule has 3 amide bonds. The first-order chi connectivity index (χ1) is 16.5. The van der Waals surface area contributed by atoms with E-state index < -0.39 is 60.2 Å². The van der Waals surface area contributed by atoms with Crippen molar-refractivity contribution in [3.05, 3.63) is 29.8 Å². The molecule has 4 unspecified atom stereocenters. The summed E-state index contributed by atoms with van der Waals surface area (Å²) in [5, 5.41) is 33.0. The number of carboxylic acids is 2. The predicted molar refractivity (Wildman–Crippen MR) is 127 cm³/mol. The molecule has 35 heavy (non-hydrogen) atoms. The quantitative estimate of drug-likeness (QED) is 0.174. The number of aliphatic carboxylic acids is 2. The first kappa shape index (κ1) is 27.9. The number of rotatable bonds is 12. The summed E-state index contributed by atoms with van der Waals surface area (Å²) in [6.45, 7) is 0.202. The summed E-state index contributed by atoms with van der Waals surface area (Å²) in [6.07, 6.45) is 0.0524. The molecular formula is C22H30N4O8S. The Morgan fingerprint density at radius 2 is 1.69 bits per heavy atom. The van der Waals surface area contributed by atoms with Gasteiger partial charge in [-0.2, -0.15) is 12.6 Å². The highest BCUT2D eigenvalue weighted by atomic mass is 32.1. The molecule has 0 radical (unpaired) electrons. The average Bonchev–Trinajstić information content (AvgIpc) is 3.31. The Balaban J connectivity index is 2.28. The molecule has 1 aromatic rings. The average molecular weight is 511 g/mol. The highest BCUT2D eigenvalue weighted by Crippen LogP contribution is 2.20. The SMILES string of the molecule is NC(CS)C(=O)NC(CCC(=O)O)C(=O)NC(Cc1ccc(O)cc1)C(=O)N1CCCC1C(=O)O. The summed E-state index contributed by atoms with van der Waals surface area (Å²) in [6, 6.07) is 1.35. The van der Waals surface area contributed by atoms with Gasteiger partial charge in [0.2, 0.25) is 17.7 Å². The van der Waals surface area contributed by atoms with Gasteiger partial charge in [-0.3, -0.25) is 19.2 Å². The summed E-state index contributed by atoms with van der Waals surface area (Å²) in [5.41, 5.74) is 6.22. The summed E-state index contributed by atoms with van der Waals surface area (Å²) in [7, 11) is 0. The molecule has 1 aromatic carbocycles. The molecule has 7 N–H and O–H groups in total. The standard InChI is InChI=1S/C22H30N4O8S/c23-14(11-35)19(30)24-15(7-8-18(28)29)20(31)25-16(10-12-3-5-13(27)6-4-12)21(32)26-9-1-2-17(26)22(33)34/h3-6,14-17,27,35H,1-2,7-11,23H2,(H,24,30)(H,25,31)(H,28,29)(H,33,34). The molecule has 0 aromatic heterocycles. The highest BCUT2D eigenvalue weighted by molar-refractivity contribution is 7.80. The Hall–Kier alpha value is -3.32. The molecule has 0 saturated carbocycles. The molecule has 192 valence electrons. The molecule has 12 nitrogen and oxygen atoms in total. The van der Waals surface area contributed by atoms with Gasteiger partial charge in [-0.15, -0.1) is 0 Å². The van der Waals surface area contributed by atoms with E-state index in [1.54, 1.807) is 12.1 Å². The van der Waals surface area contributed by atoms with E-state index in [1.807, 2.05) is 0 Å². The minimum Gasteiger partial charge on any atom is -0.508 e. The largest absolute Gasteiger partial charge is 0.508 e. The van der Waals surface area contributed by atoms with Gasteiger partial charge in [-0.25, -0.2) is 4.79 Å². The zero-order valence-corrected chi connectivity index (χ0v) is 19.8. The van der Waals surface area contributed by atoms with Gasteiger partial charge in [-0.05, 0) is 37.0 Å². The van der Waals surface area contributed by atoms with Crippen LogP contribution in [0.15, 0.2) is 24.3 Å². The third-order valence-electron chi connectivity index (χ3n) is 5.63. The van der Waals surface area contributed by atoms with Crippen molar-refractivity contribution in [1.82, 2.24) is 15.5 Å². The van der Waals surface area contributed by atoms with Crippen molar-refractivity contribution < 1.29 is 39.3 Å². The number of amides is 3. The maximum absolute atomic E-state index is 13.3. The number of hydrogen-bond donors (Lipinski definition) is 7. The van der Waals surface area contributed by atoms with Gasteiger partial charge >= 0.3 is 11.9 Å². The van der Waals surface area contributed by atoms with E-state index in [2.05, 4.69) is 23.3 Å². The summed E-state index contributed by atoms with van der Waals surface area (Å²) >= 11 is 3.94. The molecule has 1 aliphatic heterocycles. The predicted octanol–water partition coefficient (Wildman–Crippen LogP) is -0.898. The van der Waals surface area contributed by atoms with Crippen LogP contribution in [0.1, 0.15) is 31.2 Å². The number of likely N-dealkylation sites (tertiary alicyclic amines) is 1. The number of carbonyl (C=O) groups excluding carboxylic acids is 3. The molecule has 1 saturated heterocycles.